The minimum Gasteiger partial charge on any atom is -0.292 e. The van der Waals surface area contributed by atoms with E-state index in [0.717, 1.165) is 0 Å². The maximum Gasteiger partial charge on any atom is 0.182 e. The summed E-state index contributed by atoms with van der Waals surface area (Å²) in [6, 6.07) is 1.82. The van der Waals surface area contributed by atoms with Gasteiger partial charge in [-0.2, -0.15) is 4.37 Å². The lowest BCUT2D eigenvalue weighted by atomic mass is 10.00. The van der Waals surface area contributed by atoms with Crippen molar-refractivity contribution in [3.63, 3.8) is 0 Å². The molecule has 2 nitrogen and oxygen atoms in total. The van der Waals surface area contributed by atoms with Crippen molar-refractivity contribution in [2.75, 3.05) is 0 Å². The van der Waals surface area contributed by atoms with E-state index < -0.39 is 0 Å². The molecule has 0 amide bonds. The molecule has 0 bridgehead atoms. The number of aromatic nitrogens is 1. The highest BCUT2D eigenvalue weighted by Crippen LogP contribution is 2.28. The van der Waals surface area contributed by atoms with E-state index in [1.165, 1.54) is 37.2 Å². The third kappa shape index (κ3) is 2.15. The van der Waals surface area contributed by atoms with Crippen LogP contribution in [0.5, 0.6) is 0 Å². The Hall–Kier alpha value is -0.700. The molecule has 13 heavy (non-hydrogen) atoms. The standard InChI is InChI=1S/C10H13NOS/c12-10(9-5-6-13-11-9)7-8-3-1-2-4-8/h5-6,8H,1-4,7H2. The number of hydrogen-bond acceptors (Lipinski definition) is 3. The number of carbonyl (C=O) groups is 1. The van der Waals surface area contributed by atoms with Crippen molar-refractivity contribution >= 4 is 17.3 Å². The van der Waals surface area contributed by atoms with E-state index in [4.69, 9.17) is 0 Å². The molecule has 0 unspecified atom stereocenters. The fourth-order valence-electron chi connectivity index (χ4n) is 1.94. The van der Waals surface area contributed by atoms with Crippen LogP contribution in [-0.2, 0) is 0 Å². The maximum atomic E-state index is 11.6. The molecule has 3 heteroatoms. The molecule has 1 aromatic heterocycles. The summed E-state index contributed by atoms with van der Waals surface area (Å²) >= 11 is 1.35. The third-order valence-corrected chi connectivity index (χ3v) is 3.23. The van der Waals surface area contributed by atoms with Crippen molar-refractivity contribution in [3.05, 3.63) is 17.1 Å². The summed E-state index contributed by atoms with van der Waals surface area (Å²) in [5.41, 5.74) is 0.664. The second-order valence-corrected chi connectivity index (χ2v) is 4.33. The van der Waals surface area contributed by atoms with Gasteiger partial charge in [-0.15, -0.1) is 0 Å². The number of rotatable bonds is 3. The smallest absolute Gasteiger partial charge is 0.182 e. The molecule has 0 N–H and O–H groups in total. The van der Waals surface area contributed by atoms with Gasteiger partial charge in [0.15, 0.2) is 5.78 Å². The first-order valence-corrected chi connectivity index (χ1v) is 5.63. The van der Waals surface area contributed by atoms with E-state index in [1.807, 2.05) is 11.4 Å². The van der Waals surface area contributed by atoms with Gasteiger partial charge in [0.05, 0.1) is 0 Å². The Morgan fingerprint density at radius 3 is 2.92 bits per heavy atom. The van der Waals surface area contributed by atoms with Crippen LogP contribution in [0, 0.1) is 5.92 Å². The lowest BCUT2D eigenvalue weighted by molar-refractivity contribution is 0.0958. The molecule has 2 rings (SSSR count). The Morgan fingerprint density at radius 1 is 1.54 bits per heavy atom. The molecular weight excluding hydrogens is 182 g/mol. The number of nitrogens with zero attached hydrogens (tertiary/aromatic N) is 1. The molecule has 1 aliphatic rings. The summed E-state index contributed by atoms with van der Waals surface area (Å²) in [6.45, 7) is 0. The fourth-order valence-corrected chi connectivity index (χ4v) is 2.46. The highest BCUT2D eigenvalue weighted by molar-refractivity contribution is 7.03. The number of hydrogen-bond donors (Lipinski definition) is 0. The largest absolute Gasteiger partial charge is 0.292 e. The number of Topliss-reactive ketones (excluding diaryl/α,β-unsaturated/α-hetero) is 1. The second kappa shape index (κ2) is 4.01. The zero-order valence-electron chi connectivity index (χ0n) is 7.53. The van der Waals surface area contributed by atoms with Crippen LogP contribution in [0.25, 0.3) is 0 Å². The maximum absolute atomic E-state index is 11.6. The summed E-state index contributed by atoms with van der Waals surface area (Å²) in [7, 11) is 0. The van der Waals surface area contributed by atoms with E-state index in [-0.39, 0.29) is 5.78 Å². The van der Waals surface area contributed by atoms with Gasteiger partial charge >= 0.3 is 0 Å². The van der Waals surface area contributed by atoms with Gasteiger partial charge < -0.3 is 0 Å². The van der Waals surface area contributed by atoms with E-state index >= 15 is 0 Å². The molecule has 1 fully saturated rings. The van der Waals surface area contributed by atoms with Crippen LogP contribution in [0.1, 0.15) is 42.6 Å². The Morgan fingerprint density at radius 2 is 2.31 bits per heavy atom. The molecule has 0 aromatic carbocycles. The Labute approximate surface area is 82.1 Å². The van der Waals surface area contributed by atoms with Crippen LogP contribution in [0.15, 0.2) is 11.4 Å². The van der Waals surface area contributed by atoms with Crippen LogP contribution >= 0.6 is 11.5 Å². The van der Waals surface area contributed by atoms with Crippen LogP contribution < -0.4 is 0 Å². The predicted octanol–water partition coefficient (Wildman–Crippen LogP) is 2.91. The molecule has 0 radical (unpaired) electrons. The molecule has 70 valence electrons. The molecule has 0 atom stereocenters. The van der Waals surface area contributed by atoms with E-state index in [1.54, 1.807) is 0 Å². The van der Waals surface area contributed by atoms with Crippen molar-refractivity contribution in [2.45, 2.75) is 32.1 Å². The monoisotopic (exact) mass is 195 g/mol. The average Bonchev–Trinajstić information content (AvgIpc) is 2.74. The highest BCUT2D eigenvalue weighted by Gasteiger charge is 2.19. The predicted molar refractivity (Wildman–Crippen MR) is 53.0 cm³/mol. The quantitative estimate of drug-likeness (QED) is 0.694. The first kappa shape index (κ1) is 8.88. The molecule has 1 heterocycles. The van der Waals surface area contributed by atoms with Gasteiger partial charge in [0.1, 0.15) is 5.69 Å². The van der Waals surface area contributed by atoms with Crippen LogP contribution in [-0.4, -0.2) is 10.2 Å². The van der Waals surface area contributed by atoms with Crippen LogP contribution in [0.3, 0.4) is 0 Å². The van der Waals surface area contributed by atoms with Crippen LogP contribution in [0.2, 0.25) is 0 Å². The van der Waals surface area contributed by atoms with Gasteiger partial charge in [0, 0.05) is 11.8 Å². The van der Waals surface area contributed by atoms with Gasteiger partial charge in [-0.05, 0) is 23.5 Å². The number of ketones is 1. The van der Waals surface area contributed by atoms with E-state index in [0.29, 0.717) is 18.0 Å². The van der Waals surface area contributed by atoms with E-state index in [9.17, 15) is 4.79 Å². The lowest BCUT2D eigenvalue weighted by Gasteiger charge is -2.04. The molecule has 1 saturated carbocycles. The molecule has 1 aromatic rings. The zero-order chi connectivity index (χ0) is 9.10. The topological polar surface area (TPSA) is 30.0 Å². The van der Waals surface area contributed by atoms with Gasteiger partial charge in [0.25, 0.3) is 0 Å². The minimum atomic E-state index is 0.230. The summed E-state index contributed by atoms with van der Waals surface area (Å²) in [5.74, 6) is 0.863. The zero-order valence-corrected chi connectivity index (χ0v) is 8.35. The Bertz CT molecular complexity index is 275. The molecular formula is C10H13NOS. The number of carbonyl (C=O) groups excluding carboxylic acids is 1. The van der Waals surface area contributed by atoms with Crippen molar-refractivity contribution in [1.29, 1.82) is 0 Å². The van der Waals surface area contributed by atoms with Crippen molar-refractivity contribution in [3.8, 4) is 0 Å². The summed E-state index contributed by atoms with van der Waals surface area (Å²) < 4.78 is 4.05. The highest BCUT2D eigenvalue weighted by atomic mass is 32.1. The fraction of sp³-hybridized carbons (Fsp3) is 0.600. The summed E-state index contributed by atoms with van der Waals surface area (Å²) in [6.07, 6.45) is 5.78. The molecule has 0 aliphatic heterocycles. The first-order valence-electron chi connectivity index (χ1n) is 4.80. The minimum absolute atomic E-state index is 0.230. The van der Waals surface area contributed by atoms with Crippen LogP contribution in [0.4, 0.5) is 0 Å². The van der Waals surface area contributed by atoms with Crippen molar-refractivity contribution in [1.82, 2.24) is 4.37 Å². The van der Waals surface area contributed by atoms with Gasteiger partial charge in [-0.25, -0.2) is 0 Å². The van der Waals surface area contributed by atoms with Crippen molar-refractivity contribution < 1.29 is 4.79 Å². The van der Waals surface area contributed by atoms with E-state index in [2.05, 4.69) is 4.37 Å². The second-order valence-electron chi connectivity index (χ2n) is 3.66. The van der Waals surface area contributed by atoms with Gasteiger partial charge in [-0.1, -0.05) is 25.7 Å². The molecule has 0 saturated heterocycles. The normalized spacial score (nSPS) is 17.8. The van der Waals surface area contributed by atoms with Gasteiger partial charge in [-0.3, -0.25) is 4.79 Å². The van der Waals surface area contributed by atoms with Gasteiger partial charge in [0.2, 0.25) is 0 Å². The molecule has 1 aliphatic carbocycles. The summed E-state index contributed by atoms with van der Waals surface area (Å²) in [5, 5.41) is 1.86. The third-order valence-electron chi connectivity index (χ3n) is 2.67. The first-order chi connectivity index (χ1) is 6.36. The lowest BCUT2D eigenvalue weighted by Crippen LogP contribution is -2.05. The Balaban J connectivity index is 1.91. The summed E-state index contributed by atoms with van der Waals surface area (Å²) in [4.78, 5) is 11.6. The average molecular weight is 195 g/mol. The molecule has 0 spiro atoms. The SMILES string of the molecule is O=C(CC1CCCC1)c1ccsn1. The Kier molecular flexibility index (Phi) is 2.74. The van der Waals surface area contributed by atoms with Crippen molar-refractivity contribution in [2.24, 2.45) is 5.92 Å².